The molecule has 116 valence electrons. The van der Waals surface area contributed by atoms with E-state index in [1.54, 1.807) is 7.11 Å². The van der Waals surface area contributed by atoms with E-state index in [1.165, 1.54) is 22.3 Å². The minimum Gasteiger partial charge on any atom is -0.497 e. The van der Waals surface area contributed by atoms with Gasteiger partial charge in [-0.15, -0.1) is 0 Å². The number of methoxy groups -OCH3 is 1. The molecule has 1 unspecified atom stereocenters. The SMILES string of the molecule is COc1cccc(C(C)NCC=Cc2ccc(C)cc2C)c1. The Morgan fingerprint density at radius 3 is 2.68 bits per heavy atom. The van der Waals surface area contributed by atoms with Crippen molar-refractivity contribution in [2.45, 2.75) is 26.8 Å². The van der Waals surface area contributed by atoms with Gasteiger partial charge >= 0.3 is 0 Å². The third kappa shape index (κ3) is 4.47. The molecule has 0 aliphatic heterocycles. The summed E-state index contributed by atoms with van der Waals surface area (Å²) in [5.41, 5.74) is 5.14. The molecule has 0 aliphatic rings. The van der Waals surface area contributed by atoms with E-state index in [0.717, 1.165) is 12.3 Å². The van der Waals surface area contributed by atoms with Crippen molar-refractivity contribution < 1.29 is 4.74 Å². The van der Waals surface area contributed by atoms with Crippen LogP contribution in [0, 0.1) is 13.8 Å². The summed E-state index contributed by atoms with van der Waals surface area (Å²) < 4.78 is 5.27. The van der Waals surface area contributed by atoms with Crippen molar-refractivity contribution in [1.29, 1.82) is 0 Å². The largest absolute Gasteiger partial charge is 0.497 e. The lowest BCUT2D eigenvalue weighted by Gasteiger charge is -2.13. The Balaban J connectivity index is 1.91. The second kappa shape index (κ2) is 7.81. The van der Waals surface area contributed by atoms with Gasteiger partial charge in [-0.05, 0) is 49.6 Å². The van der Waals surface area contributed by atoms with Gasteiger partial charge in [0.05, 0.1) is 7.11 Å². The molecule has 2 nitrogen and oxygen atoms in total. The molecule has 0 heterocycles. The predicted octanol–water partition coefficient (Wildman–Crippen LogP) is 4.68. The number of rotatable bonds is 6. The topological polar surface area (TPSA) is 21.3 Å². The average molecular weight is 295 g/mol. The lowest BCUT2D eigenvalue weighted by molar-refractivity contribution is 0.413. The average Bonchev–Trinajstić information content (AvgIpc) is 2.53. The lowest BCUT2D eigenvalue weighted by Crippen LogP contribution is -2.18. The van der Waals surface area contributed by atoms with Gasteiger partial charge in [-0.25, -0.2) is 0 Å². The van der Waals surface area contributed by atoms with Crippen molar-refractivity contribution in [3.8, 4) is 5.75 Å². The first-order chi connectivity index (χ1) is 10.6. The van der Waals surface area contributed by atoms with Crippen LogP contribution in [0.1, 0.15) is 35.2 Å². The molecule has 0 bridgehead atoms. The van der Waals surface area contributed by atoms with Crippen LogP contribution in [-0.4, -0.2) is 13.7 Å². The van der Waals surface area contributed by atoms with E-state index in [0.29, 0.717) is 6.04 Å². The van der Waals surface area contributed by atoms with Crippen molar-refractivity contribution in [3.05, 3.63) is 70.8 Å². The summed E-state index contributed by atoms with van der Waals surface area (Å²) >= 11 is 0. The number of benzene rings is 2. The van der Waals surface area contributed by atoms with Gasteiger partial charge in [0.25, 0.3) is 0 Å². The smallest absolute Gasteiger partial charge is 0.119 e. The van der Waals surface area contributed by atoms with Crippen LogP contribution in [0.25, 0.3) is 6.08 Å². The first-order valence-electron chi connectivity index (χ1n) is 7.71. The molecule has 2 rings (SSSR count). The Hall–Kier alpha value is -2.06. The minimum absolute atomic E-state index is 0.291. The Labute approximate surface area is 133 Å². The molecule has 0 aliphatic carbocycles. The lowest BCUT2D eigenvalue weighted by atomic mass is 10.1. The molecule has 0 saturated heterocycles. The Morgan fingerprint density at radius 1 is 1.14 bits per heavy atom. The zero-order valence-electron chi connectivity index (χ0n) is 13.9. The second-order valence-corrected chi connectivity index (χ2v) is 5.67. The Morgan fingerprint density at radius 2 is 1.95 bits per heavy atom. The van der Waals surface area contributed by atoms with Crippen LogP contribution in [-0.2, 0) is 0 Å². The highest BCUT2D eigenvalue weighted by Gasteiger charge is 2.04. The number of hydrogen-bond acceptors (Lipinski definition) is 2. The quantitative estimate of drug-likeness (QED) is 0.835. The third-order valence-electron chi connectivity index (χ3n) is 3.86. The van der Waals surface area contributed by atoms with E-state index in [2.05, 4.69) is 68.6 Å². The van der Waals surface area contributed by atoms with E-state index >= 15 is 0 Å². The standard InChI is InChI=1S/C20H25NO/c1-15-10-11-18(16(2)13-15)8-6-12-21-17(3)19-7-5-9-20(14-19)22-4/h5-11,13-14,17,21H,12H2,1-4H3. The molecule has 0 aromatic heterocycles. The molecule has 1 atom stereocenters. The minimum atomic E-state index is 0.291. The van der Waals surface area contributed by atoms with Gasteiger partial charge in [0.15, 0.2) is 0 Å². The summed E-state index contributed by atoms with van der Waals surface area (Å²) in [6.45, 7) is 7.28. The summed E-state index contributed by atoms with van der Waals surface area (Å²) in [5.74, 6) is 0.900. The normalized spacial score (nSPS) is 12.5. The fourth-order valence-corrected chi connectivity index (χ4v) is 2.47. The maximum absolute atomic E-state index is 5.27. The molecule has 1 N–H and O–H groups in total. The van der Waals surface area contributed by atoms with Gasteiger partial charge in [-0.1, -0.05) is 48.0 Å². The van der Waals surface area contributed by atoms with Crippen LogP contribution in [0.2, 0.25) is 0 Å². The Kier molecular flexibility index (Phi) is 5.79. The number of hydrogen-bond donors (Lipinski definition) is 1. The molecule has 0 fully saturated rings. The monoisotopic (exact) mass is 295 g/mol. The van der Waals surface area contributed by atoms with E-state index in [9.17, 15) is 0 Å². The first-order valence-corrected chi connectivity index (χ1v) is 7.71. The third-order valence-corrected chi connectivity index (χ3v) is 3.86. The van der Waals surface area contributed by atoms with Gasteiger partial charge in [0.1, 0.15) is 5.75 Å². The van der Waals surface area contributed by atoms with E-state index in [1.807, 2.05) is 12.1 Å². The highest BCUT2D eigenvalue weighted by atomic mass is 16.5. The van der Waals surface area contributed by atoms with Crippen molar-refractivity contribution in [3.63, 3.8) is 0 Å². The fourth-order valence-electron chi connectivity index (χ4n) is 2.47. The first kappa shape index (κ1) is 16.3. The molecule has 0 amide bonds. The van der Waals surface area contributed by atoms with E-state index < -0.39 is 0 Å². The van der Waals surface area contributed by atoms with Gasteiger partial charge in [-0.3, -0.25) is 0 Å². The molecule has 2 aromatic carbocycles. The highest BCUT2D eigenvalue weighted by Crippen LogP contribution is 2.18. The molecular formula is C20H25NO. The highest BCUT2D eigenvalue weighted by molar-refractivity contribution is 5.54. The molecule has 0 saturated carbocycles. The molecule has 2 heteroatoms. The van der Waals surface area contributed by atoms with Crippen LogP contribution in [0.3, 0.4) is 0 Å². The maximum Gasteiger partial charge on any atom is 0.119 e. The summed E-state index contributed by atoms with van der Waals surface area (Å²) in [7, 11) is 1.70. The molecule has 0 radical (unpaired) electrons. The maximum atomic E-state index is 5.27. The van der Waals surface area contributed by atoms with Gasteiger partial charge < -0.3 is 10.1 Å². The van der Waals surface area contributed by atoms with Crippen LogP contribution in [0.4, 0.5) is 0 Å². The van der Waals surface area contributed by atoms with Gasteiger partial charge in [-0.2, -0.15) is 0 Å². The van der Waals surface area contributed by atoms with E-state index in [4.69, 9.17) is 4.74 Å². The van der Waals surface area contributed by atoms with Crippen molar-refractivity contribution in [1.82, 2.24) is 5.32 Å². The summed E-state index contributed by atoms with van der Waals surface area (Å²) in [6, 6.07) is 15.0. The summed E-state index contributed by atoms with van der Waals surface area (Å²) in [6.07, 6.45) is 4.36. The molecular weight excluding hydrogens is 270 g/mol. The van der Waals surface area contributed by atoms with Crippen LogP contribution < -0.4 is 10.1 Å². The predicted molar refractivity (Wildman–Crippen MR) is 94.4 cm³/mol. The van der Waals surface area contributed by atoms with E-state index in [-0.39, 0.29) is 0 Å². The van der Waals surface area contributed by atoms with Crippen molar-refractivity contribution in [2.24, 2.45) is 0 Å². The van der Waals surface area contributed by atoms with Crippen LogP contribution in [0.5, 0.6) is 5.75 Å². The van der Waals surface area contributed by atoms with Crippen LogP contribution in [0.15, 0.2) is 48.5 Å². The molecule has 0 spiro atoms. The van der Waals surface area contributed by atoms with Crippen LogP contribution >= 0.6 is 0 Å². The second-order valence-electron chi connectivity index (χ2n) is 5.67. The fraction of sp³-hybridized carbons (Fsp3) is 0.300. The zero-order valence-corrected chi connectivity index (χ0v) is 13.9. The Bertz CT molecular complexity index is 646. The summed E-state index contributed by atoms with van der Waals surface area (Å²) in [4.78, 5) is 0. The zero-order chi connectivity index (χ0) is 15.9. The molecule has 22 heavy (non-hydrogen) atoms. The summed E-state index contributed by atoms with van der Waals surface area (Å²) in [5, 5.41) is 3.51. The van der Waals surface area contributed by atoms with Gasteiger partial charge in [0.2, 0.25) is 0 Å². The number of ether oxygens (including phenoxy) is 1. The molecule has 2 aromatic rings. The number of nitrogens with one attached hydrogen (secondary N) is 1. The van der Waals surface area contributed by atoms with Gasteiger partial charge in [0, 0.05) is 12.6 Å². The van der Waals surface area contributed by atoms with Crippen molar-refractivity contribution >= 4 is 6.08 Å². The number of aryl methyl sites for hydroxylation is 2. The van der Waals surface area contributed by atoms with Crippen molar-refractivity contribution in [2.75, 3.05) is 13.7 Å².